The fourth-order valence-electron chi connectivity index (χ4n) is 2.85. The van der Waals surface area contributed by atoms with Crippen molar-refractivity contribution in [3.63, 3.8) is 0 Å². The van der Waals surface area contributed by atoms with Gasteiger partial charge < -0.3 is 10.6 Å². The molecule has 0 aliphatic carbocycles. The smallest absolute Gasteiger partial charge is 0.191 e. The van der Waals surface area contributed by atoms with Gasteiger partial charge in [0.15, 0.2) is 5.96 Å². The van der Waals surface area contributed by atoms with E-state index in [2.05, 4.69) is 27.1 Å². The van der Waals surface area contributed by atoms with Crippen LogP contribution >= 0.6 is 24.0 Å². The number of nitrogens with two attached hydrogens (primary N) is 1. The maximum Gasteiger partial charge on any atom is 0.191 e. The minimum Gasteiger partial charge on any atom is -0.370 e. The van der Waals surface area contributed by atoms with Gasteiger partial charge in [0, 0.05) is 25.5 Å². The molecule has 1 aromatic carbocycles. The zero-order valence-electron chi connectivity index (χ0n) is 13.3. The van der Waals surface area contributed by atoms with Gasteiger partial charge in [0.25, 0.3) is 0 Å². The van der Waals surface area contributed by atoms with Gasteiger partial charge in [-0.25, -0.2) is 9.67 Å². The molecule has 3 rings (SSSR count). The molecule has 1 aliphatic heterocycles. The average Bonchev–Trinajstić information content (AvgIpc) is 2.95. The summed E-state index contributed by atoms with van der Waals surface area (Å²) >= 11 is 0. The van der Waals surface area contributed by atoms with Gasteiger partial charge in [0.05, 0.1) is 12.2 Å². The monoisotopic (exact) mass is 425 g/mol. The maximum atomic E-state index is 6.19. The third-order valence-corrected chi connectivity index (χ3v) is 4.08. The molecule has 0 atom stereocenters. The van der Waals surface area contributed by atoms with Gasteiger partial charge in [-0.3, -0.25) is 0 Å². The lowest BCUT2D eigenvalue weighted by molar-refractivity contribution is 0.428. The van der Waals surface area contributed by atoms with Crippen LogP contribution in [0, 0.1) is 0 Å². The summed E-state index contributed by atoms with van der Waals surface area (Å²) < 4.78 is 1.87. The zero-order chi connectivity index (χ0) is 15.2. The highest BCUT2D eigenvalue weighted by atomic mass is 127. The molecule has 0 unspecified atom stereocenters. The Hall–Kier alpha value is -1.57. The Morgan fingerprint density at radius 1 is 1.09 bits per heavy atom. The second-order valence-corrected chi connectivity index (χ2v) is 5.66. The second kappa shape index (κ2) is 8.90. The number of aromatic nitrogens is 2. The number of guanidine groups is 1. The first-order valence-electron chi connectivity index (χ1n) is 7.97. The number of benzene rings is 1. The van der Waals surface area contributed by atoms with Gasteiger partial charge in [0.2, 0.25) is 0 Å². The van der Waals surface area contributed by atoms with Crippen LogP contribution in [0.15, 0.2) is 47.7 Å². The number of aliphatic imine (C=N–C) groups is 1. The van der Waals surface area contributed by atoms with Gasteiger partial charge in [-0.15, -0.1) is 24.0 Å². The van der Waals surface area contributed by atoms with E-state index in [1.54, 1.807) is 6.20 Å². The van der Waals surface area contributed by atoms with E-state index < -0.39 is 0 Å². The Morgan fingerprint density at radius 2 is 1.83 bits per heavy atom. The highest BCUT2D eigenvalue weighted by Gasteiger charge is 2.11. The summed E-state index contributed by atoms with van der Waals surface area (Å²) in [7, 11) is 0. The van der Waals surface area contributed by atoms with Gasteiger partial charge in [-0.2, -0.15) is 5.10 Å². The molecule has 6 heteroatoms. The quantitative estimate of drug-likeness (QED) is 0.467. The fraction of sp³-hybridized carbons (Fsp3) is 0.412. The van der Waals surface area contributed by atoms with E-state index >= 15 is 0 Å². The molecule has 1 fully saturated rings. The standard InChI is InChI=1S/C17H23N5.HI/c18-17(21-11-5-1-2-6-12-21)19-14-15-8-3-4-9-16(15)22-13-7-10-20-22;/h3-4,7-10,13H,1-2,5-6,11-12,14H2,(H2,18,19);1H. The SMILES string of the molecule is I.NC(=NCc1ccccc1-n1cccn1)N1CCCCCC1. The first-order chi connectivity index (χ1) is 10.8. The Kier molecular flexibility index (Phi) is 6.88. The Balaban J connectivity index is 0.00000192. The van der Waals surface area contributed by atoms with E-state index in [4.69, 9.17) is 5.73 Å². The molecule has 0 radical (unpaired) electrons. The Labute approximate surface area is 154 Å². The number of hydrogen-bond acceptors (Lipinski definition) is 2. The third kappa shape index (κ3) is 4.70. The summed E-state index contributed by atoms with van der Waals surface area (Å²) in [6.07, 6.45) is 8.74. The first-order valence-corrected chi connectivity index (χ1v) is 7.97. The lowest BCUT2D eigenvalue weighted by atomic mass is 10.2. The summed E-state index contributed by atoms with van der Waals surface area (Å²) in [5, 5.41) is 4.30. The fourth-order valence-corrected chi connectivity index (χ4v) is 2.85. The Bertz CT molecular complexity index is 616. The number of nitrogens with zero attached hydrogens (tertiary/aromatic N) is 4. The molecular formula is C17H24IN5. The summed E-state index contributed by atoms with van der Waals surface area (Å²) in [6, 6.07) is 10.1. The van der Waals surface area contributed by atoms with Crippen LogP contribution in [-0.2, 0) is 6.54 Å². The molecule has 124 valence electrons. The van der Waals surface area contributed by atoms with E-state index in [9.17, 15) is 0 Å². The summed E-state index contributed by atoms with van der Waals surface area (Å²) in [4.78, 5) is 6.82. The number of likely N-dealkylation sites (tertiary alicyclic amines) is 1. The van der Waals surface area contributed by atoms with Crippen LogP contribution < -0.4 is 5.73 Å². The van der Waals surface area contributed by atoms with E-state index in [-0.39, 0.29) is 24.0 Å². The molecule has 2 N–H and O–H groups in total. The van der Waals surface area contributed by atoms with E-state index in [1.165, 1.54) is 25.7 Å². The molecule has 23 heavy (non-hydrogen) atoms. The van der Waals surface area contributed by atoms with Crippen LogP contribution in [0.5, 0.6) is 0 Å². The van der Waals surface area contributed by atoms with Crippen molar-refractivity contribution in [2.75, 3.05) is 13.1 Å². The molecule has 2 heterocycles. The molecule has 1 aliphatic rings. The minimum atomic E-state index is 0. The van der Waals surface area contributed by atoms with Crippen molar-refractivity contribution in [2.24, 2.45) is 10.7 Å². The third-order valence-electron chi connectivity index (χ3n) is 4.08. The van der Waals surface area contributed by atoms with Crippen molar-refractivity contribution in [2.45, 2.75) is 32.2 Å². The van der Waals surface area contributed by atoms with Crippen LogP contribution in [0.3, 0.4) is 0 Å². The van der Waals surface area contributed by atoms with Gasteiger partial charge in [-0.05, 0) is 30.5 Å². The topological polar surface area (TPSA) is 59.4 Å². The summed E-state index contributed by atoms with van der Waals surface area (Å²) in [5.41, 5.74) is 8.37. The second-order valence-electron chi connectivity index (χ2n) is 5.66. The lowest BCUT2D eigenvalue weighted by Gasteiger charge is -2.21. The lowest BCUT2D eigenvalue weighted by Crippen LogP contribution is -2.38. The highest BCUT2D eigenvalue weighted by molar-refractivity contribution is 14.0. The first kappa shape index (κ1) is 17.8. The average molecular weight is 425 g/mol. The van der Waals surface area contributed by atoms with Crippen molar-refractivity contribution in [1.29, 1.82) is 0 Å². The number of para-hydroxylation sites is 1. The number of hydrogen-bond donors (Lipinski definition) is 1. The van der Waals surface area contributed by atoms with Crippen LogP contribution in [0.2, 0.25) is 0 Å². The largest absolute Gasteiger partial charge is 0.370 e. The summed E-state index contributed by atoms with van der Waals surface area (Å²) in [6.45, 7) is 2.63. The summed E-state index contributed by atoms with van der Waals surface area (Å²) in [5.74, 6) is 0.664. The Morgan fingerprint density at radius 3 is 2.52 bits per heavy atom. The van der Waals surface area contributed by atoms with Crippen LogP contribution in [0.25, 0.3) is 5.69 Å². The van der Waals surface area contributed by atoms with E-state index in [0.717, 1.165) is 24.3 Å². The van der Waals surface area contributed by atoms with Crippen LogP contribution in [0.1, 0.15) is 31.2 Å². The molecule has 0 spiro atoms. The van der Waals surface area contributed by atoms with E-state index in [1.807, 2.05) is 29.1 Å². The molecule has 1 saturated heterocycles. The molecule has 0 bridgehead atoms. The van der Waals surface area contributed by atoms with Gasteiger partial charge >= 0.3 is 0 Å². The number of halogens is 1. The van der Waals surface area contributed by atoms with Crippen molar-refractivity contribution in [3.8, 4) is 5.69 Å². The predicted molar refractivity (Wildman–Crippen MR) is 104 cm³/mol. The van der Waals surface area contributed by atoms with Crippen molar-refractivity contribution in [3.05, 3.63) is 48.3 Å². The van der Waals surface area contributed by atoms with Crippen molar-refractivity contribution < 1.29 is 0 Å². The molecular weight excluding hydrogens is 401 g/mol. The highest BCUT2D eigenvalue weighted by Crippen LogP contribution is 2.15. The van der Waals surface area contributed by atoms with Crippen molar-refractivity contribution >= 4 is 29.9 Å². The van der Waals surface area contributed by atoms with Crippen molar-refractivity contribution in [1.82, 2.24) is 14.7 Å². The minimum absolute atomic E-state index is 0. The zero-order valence-corrected chi connectivity index (χ0v) is 15.6. The van der Waals surface area contributed by atoms with Crippen LogP contribution in [-0.4, -0.2) is 33.7 Å². The molecule has 1 aromatic heterocycles. The van der Waals surface area contributed by atoms with E-state index in [0.29, 0.717) is 12.5 Å². The predicted octanol–water partition coefficient (Wildman–Crippen LogP) is 3.18. The van der Waals surface area contributed by atoms with Crippen LogP contribution in [0.4, 0.5) is 0 Å². The maximum absolute atomic E-state index is 6.19. The molecule has 2 aromatic rings. The molecule has 0 saturated carbocycles. The molecule has 0 amide bonds. The molecule has 5 nitrogen and oxygen atoms in total. The number of rotatable bonds is 3. The van der Waals surface area contributed by atoms with Gasteiger partial charge in [0.1, 0.15) is 0 Å². The van der Waals surface area contributed by atoms with Gasteiger partial charge in [-0.1, -0.05) is 31.0 Å². The normalized spacial score (nSPS) is 15.8.